The zero-order valence-corrected chi connectivity index (χ0v) is 16.6. The Bertz CT molecular complexity index is 907. The number of hydrogen-bond acceptors (Lipinski definition) is 4. The Morgan fingerprint density at radius 1 is 1.04 bits per heavy atom. The lowest BCUT2D eigenvalue weighted by atomic mass is 9.86. The third kappa shape index (κ3) is 3.53. The van der Waals surface area contributed by atoms with Crippen LogP contribution in [0.2, 0.25) is 0 Å². The molecule has 5 nitrogen and oxygen atoms in total. The fraction of sp³-hybridized carbons (Fsp3) is 0.667. The van der Waals surface area contributed by atoms with Gasteiger partial charge in [0.1, 0.15) is 17.7 Å². The molecule has 3 unspecified atom stereocenters. The number of benzene rings is 1. The lowest BCUT2D eigenvalue weighted by molar-refractivity contribution is 0.0966. The van der Waals surface area contributed by atoms with E-state index in [-0.39, 0.29) is 17.6 Å². The van der Waals surface area contributed by atoms with Crippen LogP contribution in [0.15, 0.2) is 12.1 Å². The average Bonchev–Trinajstić information content (AvgIpc) is 3.54. The molecule has 152 valence electrons. The van der Waals surface area contributed by atoms with Crippen LogP contribution in [0.25, 0.3) is 0 Å². The van der Waals surface area contributed by atoms with Crippen LogP contribution in [0.1, 0.15) is 79.6 Å². The minimum absolute atomic E-state index is 0.116. The number of hydrogen-bond donors (Lipinski definition) is 1. The molecule has 5 rings (SSSR count). The predicted octanol–water partition coefficient (Wildman–Crippen LogP) is 3.88. The highest BCUT2D eigenvalue weighted by atomic mass is 32.2. The number of carbonyl (C=O) groups is 1. The van der Waals surface area contributed by atoms with Gasteiger partial charge in [0.05, 0.1) is 10.8 Å². The second-order valence-electron chi connectivity index (χ2n) is 8.99. The van der Waals surface area contributed by atoms with Crippen molar-refractivity contribution >= 4 is 15.9 Å². The van der Waals surface area contributed by atoms with Gasteiger partial charge in [0.2, 0.25) is 10.0 Å². The Hall–Kier alpha value is -1.63. The molecule has 3 atom stereocenters. The van der Waals surface area contributed by atoms with Crippen molar-refractivity contribution in [3.8, 4) is 5.75 Å². The van der Waals surface area contributed by atoms with Crippen molar-refractivity contribution in [1.82, 2.24) is 4.72 Å². The minimum atomic E-state index is -3.71. The van der Waals surface area contributed by atoms with E-state index in [0.29, 0.717) is 24.5 Å². The van der Waals surface area contributed by atoms with Gasteiger partial charge in [0.15, 0.2) is 0 Å². The van der Waals surface area contributed by atoms with Crippen molar-refractivity contribution in [2.24, 2.45) is 11.8 Å². The zero-order chi connectivity index (χ0) is 19.5. The number of ether oxygens (including phenoxy) is 1. The molecule has 4 aliphatic rings. The molecule has 28 heavy (non-hydrogen) atoms. The summed E-state index contributed by atoms with van der Waals surface area (Å²) in [7, 11) is -3.71. The van der Waals surface area contributed by atoms with E-state index in [2.05, 4.69) is 0 Å². The zero-order valence-electron chi connectivity index (χ0n) is 15.8. The summed E-state index contributed by atoms with van der Waals surface area (Å²) in [6.45, 7) is 0. The fourth-order valence-corrected chi connectivity index (χ4v) is 6.17. The van der Waals surface area contributed by atoms with E-state index in [9.17, 15) is 17.6 Å². The van der Waals surface area contributed by atoms with Crippen LogP contribution < -0.4 is 9.46 Å². The average molecular weight is 408 g/mol. The van der Waals surface area contributed by atoms with Crippen LogP contribution in [-0.2, 0) is 10.0 Å². The fourth-order valence-electron chi connectivity index (χ4n) is 4.87. The topological polar surface area (TPSA) is 72.5 Å². The molecule has 0 radical (unpaired) electrons. The number of nitrogens with one attached hydrogen (secondary N) is 1. The van der Waals surface area contributed by atoms with E-state index in [0.717, 1.165) is 30.7 Å². The molecule has 1 N–H and O–H groups in total. The summed E-state index contributed by atoms with van der Waals surface area (Å²) in [5, 5.41) is -0.522. The van der Waals surface area contributed by atoms with E-state index >= 15 is 0 Å². The number of halogens is 1. The van der Waals surface area contributed by atoms with E-state index in [1.165, 1.54) is 37.8 Å². The Morgan fingerprint density at radius 2 is 1.79 bits per heavy atom. The van der Waals surface area contributed by atoms with Gasteiger partial charge < -0.3 is 4.74 Å². The highest BCUT2D eigenvalue weighted by Crippen LogP contribution is 2.48. The van der Waals surface area contributed by atoms with Crippen LogP contribution in [0, 0.1) is 17.7 Å². The molecule has 4 aliphatic carbocycles. The Kier molecular flexibility index (Phi) is 4.41. The lowest BCUT2D eigenvalue weighted by Crippen LogP contribution is -2.34. The number of fused-ring (bicyclic) bond motifs is 2. The number of sulfonamides is 1. The van der Waals surface area contributed by atoms with Crippen LogP contribution in [-0.4, -0.2) is 25.7 Å². The van der Waals surface area contributed by atoms with Gasteiger partial charge in [0, 0.05) is 6.07 Å². The standard InChI is InChI=1S/C21H26FNO4S/c22-18-11-20(27-19-8-2-12-1-3-14(19)9-12)16(13-4-5-13)10-17(18)21(24)23-28(25,26)15-6-7-15/h10-15,19H,1-9H2,(H,23,24). The van der Waals surface area contributed by atoms with Gasteiger partial charge in [-0.1, -0.05) is 6.42 Å². The number of amides is 1. The first kappa shape index (κ1) is 18.4. The number of carbonyl (C=O) groups excluding carboxylic acids is 1. The van der Waals surface area contributed by atoms with Gasteiger partial charge in [0.25, 0.3) is 5.91 Å². The number of rotatable bonds is 6. The first-order valence-corrected chi connectivity index (χ1v) is 12.0. The van der Waals surface area contributed by atoms with Crippen molar-refractivity contribution in [1.29, 1.82) is 0 Å². The highest BCUT2D eigenvalue weighted by Gasteiger charge is 2.39. The van der Waals surface area contributed by atoms with Crippen molar-refractivity contribution < 1.29 is 22.3 Å². The summed E-state index contributed by atoms with van der Waals surface area (Å²) in [5.41, 5.74) is 0.638. The van der Waals surface area contributed by atoms with Crippen molar-refractivity contribution in [2.45, 2.75) is 75.1 Å². The van der Waals surface area contributed by atoms with Gasteiger partial charge in [-0.25, -0.2) is 17.5 Å². The van der Waals surface area contributed by atoms with E-state index in [1.807, 2.05) is 4.72 Å². The third-order valence-corrected chi connectivity index (χ3v) is 8.62. The summed E-state index contributed by atoms with van der Waals surface area (Å²) >= 11 is 0. The van der Waals surface area contributed by atoms with Gasteiger partial charge >= 0.3 is 0 Å². The van der Waals surface area contributed by atoms with E-state index in [4.69, 9.17) is 4.74 Å². The molecular weight excluding hydrogens is 381 g/mol. The smallest absolute Gasteiger partial charge is 0.267 e. The molecule has 4 fully saturated rings. The minimum Gasteiger partial charge on any atom is -0.490 e. The maximum Gasteiger partial charge on any atom is 0.267 e. The SMILES string of the molecule is O=C(NS(=O)(=O)C1CC1)c1cc(C2CC2)c(OC2CCC3CCC2C3)cc1F. The Morgan fingerprint density at radius 3 is 2.50 bits per heavy atom. The Labute approximate surface area is 165 Å². The molecule has 0 spiro atoms. The van der Waals surface area contributed by atoms with E-state index in [1.54, 1.807) is 0 Å². The second kappa shape index (κ2) is 6.71. The molecule has 0 aromatic heterocycles. The molecule has 1 aromatic carbocycles. The normalized spacial score (nSPS) is 29.5. The monoisotopic (exact) mass is 407 g/mol. The van der Waals surface area contributed by atoms with Crippen LogP contribution in [0.3, 0.4) is 0 Å². The summed E-state index contributed by atoms with van der Waals surface area (Å²) in [6, 6.07) is 2.81. The summed E-state index contributed by atoms with van der Waals surface area (Å²) in [4.78, 5) is 12.4. The molecule has 0 heterocycles. The molecule has 2 bridgehead atoms. The molecule has 1 aromatic rings. The highest BCUT2D eigenvalue weighted by molar-refractivity contribution is 7.91. The van der Waals surface area contributed by atoms with Crippen molar-refractivity contribution in [2.75, 3.05) is 0 Å². The first-order valence-electron chi connectivity index (χ1n) is 10.5. The van der Waals surface area contributed by atoms with Gasteiger partial charge in [-0.3, -0.25) is 4.79 Å². The largest absolute Gasteiger partial charge is 0.490 e. The molecule has 4 saturated carbocycles. The van der Waals surface area contributed by atoms with Crippen molar-refractivity contribution in [3.63, 3.8) is 0 Å². The Balaban J connectivity index is 1.40. The summed E-state index contributed by atoms with van der Waals surface area (Å²) in [6.07, 6.45) is 9.00. The molecule has 0 saturated heterocycles. The molecule has 7 heteroatoms. The third-order valence-electron chi connectivity index (χ3n) is 6.80. The van der Waals surface area contributed by atoms with Crippen molar-refractivity contribution in [3.05, 3.63) is 29.1 Å². The summed E-state index contributed by atoms with van der Waals surface area (Å²) in [5.74, 6) is 0.570. The van der Waals surface area contributed by atoms with Crippen LogP contribution in [0.5, 0.6) is 5.75 Å². The lowest BCUT2D eigenvalue weighted by Gasteiger charge is -2.30. The first-order chi connectivity index (χ1) is 13.4. The van der Waals surface area contributed by atoms with Gasteiger partial charge in [-0.15, -0.1) is 0 Å². The summed E-state index contributed by atoms with van der Waals surface area (Å²) < 4.78 is 47.2. The van der Waals surface area contributed by atoms with Crippen LogP contribution >= 0.6 is 0 Å². The second-order valence-corrected chi connectivity index (χ2v) is 11.0. The maximum absolute atomic E-state index is 14.8. The quantitative estimate of drug-likeness (QED) is 0.777. The molecule has 1 amide bonds. The predicted molar refractivity (Wildman–Crippen MR) is 102 cm³/mol. The molecule has 0 aliphatic heterocycles. The van der Waals surface area contributed by atoms with Gasteiger partial charge in [-0.2, -0.15) is 0 Å². The van der Waals surface area contributed by atoms with Gasteiger partial charge in [-0.05, 0) is 80.8 Å². The van der Waals surface area contributed by atoms with Crippen LogP contribution in [0.4, 0.5) is 4.39 Å². The molecular formula is C21H26FNO4S. The maximum atomic E-state index is 14.8. The van der Waals surface area contributed by atoms with E-state index < -0.39 is 27.0 Å².